The molecule has 0 unspecified atom stereocenters. The number of carbonyl (C=O) groups excluding carboxylic acids is 1. The third-order valence-electron chi connectivity index (χ3n) is 3.44. The van der Waals surface area contributed by atoms with E-state index >= 15 is 0 Å². The van der Waals surface area contributed by atoms with E-state index in [2.05, 4.69) is 12.2 Å². The van der Waals surface area contributed by atoms with Crippen molar-refractivity contribution in [2.24, 2.45) is 5.92 Å². The van der Waals surface area contributed by atoms with Crippen molar-refractivity contribution < 1.29 is 9.53 Å². The number of hydrogen-bond acceptors (Lipinski definition) is 2. The molecule has 84 valence electrons. The molecule has 0 aromatic heterocycles. The van der Waals surface area contributed by atoms with Crippen LogP contribution in [0.15, 0.2) is 12.2 Å². The highest BCUT2D eigenvalue weighted by atomic mass is 16.6. The standard InChI is InChI=1S/C13H20O2/c14-10-9-13-12(15-13)8-4-7-11-5-2-1-3-6-11/h4,7,10-13H,1-3,5-6,8-9H2/b7-4-/t12-,13+/m0/s1. The first kappa shape index (κ1) is 10.9. The van der Waals surface area contributed by atoms with Gasteiger partial charge in [-0.05, 0) is 25.2 Å². The van der Waals surface area contributed by atoms with Crippen molar-refractivity contribution in [1.29, 1.82) is 0 Å². The number of hydrogen-bond donors (Lipinski definition) is 0. The topological polar surface area (TPSA) is 29.6 Å². The molecular formula is C13H20O2. The van der Waals surface area contributed by atoms with Crippen molar-refractivity contribution >= 4 is 6.29 Å². The molecule has 1 heterocycles. The van der Waals surface area contributed by atoms with E-state index < -0.39 is 0 Å². The van der Waals surface area contributed by atoms with Crippen LogP contribution in [0.5, 0.6) is 0 Å². The zero-order chi connectivity index (χ0) is 10.5. The van der Waals surface area contributed by atoms with Crippen LogP contribution in [0.3, 0.4) is 0 Å². The van der Waals surface area contributed by atoms with E-state index in [4.69, 9.17) is 4.74 Å². The molecule has 0 aromatic carbocycles. The van der Waals surface area contributed by atoms with Crippen LogP contribution in [0.1, 0.15) is 44.9 Å². The van der Waals surface area contributed by atoms with Crippen molar-refractivity contribution in [3.63, 3.8) is 0 Å². The Kier molecular flexibility index (Phi) is 3.95. The van der Waals surface area contributed by atoms with Crippen LogP contribution in [0.4, 0.5) is 0 Å². The lowest BCUT2D eigenvalue weighted by molar-refractivity contribution is -0.108. The molecule has 2 aliphatic rings. The highest BCUT2D eigenvalue weighted by Crippen LogP contribution is 2.29. The van der Waals surface area contributed by atoms with Crippen LogP contribution in [-0.4, -0.2) is 18.5 Å². The van der Waals surface area contributed by atoms with Gasteiger partial charge in [0.25, 0.3) is 0 Å². The van der Waals surface area contributed by atoms with Gasteiger partial charge in [-0.15, -0.1) is 0 Å². The Morgan fingerprint density at radius 1 is 1.07 bits per heavy atom. The van der Waals surface area contributed by atoms with Gasteiger partial charge in [-0.3, -0.25) is 0 Å². The molecule has 1 aliphatic heterocycles. The Hall–Kier alpha value is -0.630. The molecule has 0 N–H and O–H groups in total. The highest BCUT2D eigenvalue weighted by Gasteiger charge is 2.36. The number of epoxide rings is 1. The second-order valence-corrected chi connectivity index (χ2v) is 4.68. The van der Waals surface area contributed by atoms with E-state index in [1.807, 2.05) is 0 Å². The van der Waals surface area contributed by atoms with E-state index in [9.17, 15) is 4.79 Å². The Labute approximate surface area is 91.7 Å². The third kappa shape index (κ3) is 3.45. The number of allylic oxidation sites excluding steroid dienone is 1. The van der Waals surface area contributed by atoms with E-state index in [1.165, 1.54) is 32.1 Å². The smallest absolute Gasteiger partial charge is 0.122 e. The summed E-state index contributed by atoms with van der Waals surface area (Å²) in [6, 6.07) is 0. The van der Waals surface area contributed by atoms with E-state index in [-0.39, 0.29) is 6.10 Å². The number of carbonyl (C=O) groups is 1. The fourth-order valence-corrected chi connectivity index (χ4v) is 2.42. The van der Waals surface area contributed by atoms with Crippen molar-refractivity contribution in [3.05, 3.63) is 12.2 Å². The maximum atomic E-state index is 10.2. The summed E-state index contributed by atoms with van der Waals surface area (Å²) >= 11 is 0. The number of rotatable bonds is 5. The van der Waals surface area contributed by atoms with Crippen LogP contribution in [0.25, 0.3) is 0 Å². The maximum Gasteiger partial charge on any atom is 0.122 e. The van der Waals surface area contributed by atoms with E-state index in [1.54, 1.807) is 0 Å². The number of ether oxygens (including phenoxy) is 1. The Morgan fingerprint density at radius 2 is 1.80 bits per heavy atom. The van der Waals surface area contributed by atoms with Gasteiger partial charge in [0.2, 0.25) is 0 Å². The fourth-order valence-electron chi connectivity index (χ4n) is 2.42. The molecule has 1 saturated carbocycles. The Morgan fingerprint density at radius 3 is 2.53 bits per heavy atom. The summed E-state index contributed by atoms with van der Waals surface area (Å²) in [6.45, 7) is 0. The summed E-state index contributed by atoms with van der Waals surface area (Å²) in [7, 11) is 0. The number of aldehydes is 1. The van der Waals surface area contributed by atoms with Gasteiger partial charge in [0, 0.05) is 6.42 Å². The second-order valence-electron chi connectivity index (χ2n) is 4.68. The lowest BCUT2D eigenvalue weighted by Crippen LogP contribution is -2.02. The summed E-state index contributed by atoms with van der Waals surface area (Å²) < 4.78 is 5.36. The molecule has 1 saturated heterocycles. The largest absolute Gasteiger partial charge is 0.369 e. The lowest BCUT2D eigenvalue weighted by Gasteiger charge is -2.17. The van der Waals surface area contributed by atoms with Crippen LogP contribution < -0.4 is 0 Å². The molecular weight excluding hydrogens is 188 g/mol. The van der Waals surface area contributed by atoms with Crippen molar-refractivity contribution in [2.45, 2.75) is 57.2 Å². The first-order chi connectivity index (χ1) is 7.40. The molecule has 15 heavy (non-hydrogen) atoms. The van der Waals surface area contributed by atoms with Crippen LogP contribution >= 0.6 is 0 Å². The average molecular weight is 208 g/mol. The van der Waals surface area contributed by atoms with Gasteiger partial charge in [0.1, 0.15) is 6.29 Å². The summed E-state index contributed by atoms with van der Waals surface area (Å²) in [5.41, 5.74) is 0. The van der Waals surface area contributed by atoms with Gasteiger partial charge >= 0.3 is 0 Å². The Balaban J connectivity index is 1.61. The summed E-state index contributed by atoms with van der Waals surface area (Å²) in [5.74, 6) is 0.807. The maximum absolute atomic E-state index is 10.2. The molecule has 2 heteroatoms. The highest BCUT2D eigenvalue weighted by molar-refractivity contribution is 5.51. The van der Waals surface area contributed by atoms with E-state index in [0.29, 0.717) is 12.5 Å². The monoisotopic (exact) mass is 208 g/mol. The third-order valence-corrected chi connectivity index (χ3v) is 3.44. The molecule has 2 atom stereocenters. The van der Waals surface area contributed by atoms with Gasteiger partial charge < -0.3 is 9.53 Å². The second kappa shape index (κ2) is 5.45. The predicted octanol–water partition coefficient (Wildman–Crippen LogP) is 2.87. The quantitative estimate of drug-likeness (QED) is 0.395. The van der Waals surface area contributed by atoms with Gasteiger partial charge in [0.15, 0.2) is 0 Å². The SMILES string of the molecule is O=CC[C@H]1O[C@H]1C/C=C\C1CCCCC1. The average Bonchev–Trinajstić information content (AvgIpc) is 2.99. The van der Waals surface area contributed by atoms with E-state index in [0.717, 1.165) is 18.6 Å². The molecule has 2 nitrogen and oxygen atoms in total. The van der Waals surface area contributed by atoms with Crippen LogP contribution in [0.2, 0.25) is 0 Å². The van der Waals surface area contributed by atoms with Gasteiger partial charge in [-0.2, -0.15) is 0 Å². The minimum Gasteiger partial charge on any atom is -0.369 e. The summed E-state index contributed by atoms with van der Waals surface area (Å²) in [5, 5.41) is 0. The normalized spacial score (nSPS) is 32.0. The molecule has 2 rings (SSSR count). The van der Waals surface area contributed by atoms with Gasteiger partial charge in [0.05, 0.1) is 12.2 Å². The van der Waals surface area contributed by atoms with Crippen molar-refractivity contribution in [1.82, 2.24) is 0 Å². The van der Waals surface area contributed by atoms with Crippen molar-refractivity contribution in [2.75, 3.05) is 0 Å². The predicted molar refractivity (Wildman–Crippen MR) is 59.7 cm³/mol. The molecule has 0 aromatic rings. The fraction of sp³-hybridized carbons (Fsp3) is 0.769. The zero-order valence-corrected chi connectivity index (χ0v) is 9.23. The van der Waals surface area contributed by atoms with Crippen LogP contribution in [0, 0.1) is 5.92 Å². The van der Waals surface area contributed by atoms with Crippen molar-refractivity contribution in [3.8, 4) is 0 Å². The van der Waals surface area contributed by atoms with Gasteiger partial charge in [-0.1, -0.05) is 31.4 Å². The molecule has 0 bridgehead atoms. The Bertz CT molecular complexity index is 229. The summed E-state index contributed by atoms with van der Waals surface area (Å²) in [4.78, 5) is 10.2. The van der Waals surface area contributed by atoms with Crippen LogP contribution in [-0.2, 0) is 9.53 Å². The molecule has 0 radical (unpaired) electrons. The summed E-state index contributed by atoms with van der Waals surface area (Å²) in [6.07, 6.45) is 14.6. The lowest BCUT2D eigenvalue weighted by atomic mass is 9.89. The molecule has 1 aliphatic carbocycles. The minimum atomic E-state index is 0.221. The zero-order valence-electron chi connectivity index (χ0n) is 9.23. The first-order valence-corrected chi connectivity index (χ1v) is 6.16. The molecule has 2 fully saturated rings. The first-order valence-electron chi connectivity index (χ1n) is 6.16. The molecule has 0 spiro atoms. The van der Waals surface area contributed by atoms with Gasteiger partial charge in [-0.25, -0.2) is 0 Å². The molecule has 0 amide bonds. The minimum absolute atomic E-state index is 0.221.